The zero-order valence-electron chi connectivity index (χ0n) is 15.3. The molecule has 4 rings (SSSR count). The van der Waals surface area contributed by atoms with Crippen molar-refractivity contribution in [3.8, 4) is 5.75 Å². The number of ether oxygens (including phenoxy) is 1. The van der Waals surface area contributed by atoms with Crippen LogP contribution in [0.2, 0.25) is 0 Å². The Labute approximate surface area is 163 Å². The summed E-state index contributed by atoms with van der Waals surface area (Å²) in [5.74, 6) is 0.848. The second kappa shape index (κ2) is 7.64. The third-order valence-electron chi connectivity index (χ3n) is 5.12. The van der Waals surface area contributed by atoms with Crippen molar-refractivity contribution < 1.29 is 14.3 Å². The van der Waals surface area contributed by atoms with Gasteiger partial charge >= 0.3 is 0 Å². The third kappa shape index (κ3) is 3.67. The molecule has 0 aromatic heterocycles. The van der Waals surface area contributed by atoms with Crippen molar-refractivity contribution in [1.29, 1.82) is 0 Å². The summed E-state index contributed by atoms with van der Waals surface area (Å²) >= 11 is 1.66. The SMILES string of the molecule is COc1cccc(C(=O)N2CCN(C(=O)C3Cc4ccccc4S3)CC2)c1. The van der Waals surface area contributed by atoms with Crippen molar-refractivity contribution in [1.82, 2.24) is 9.80 Å². The fourth-order valence-electron chi connectivity index (χ4n) is 3.59. The number of benzene rings is 2. The van der Waals surface area contributed by atoms with Crippen LogP contribution >= 0.6 is 11.8 Å². The van der Waals surface area contributed by atoms with Gasteiger partial charge < -0.3 is 14.5 Å². The summed E-state index contributed by atoms with van der Waals surface area (Å²) in [5.41, 5.74) is 1.88. The summed E-state index contributed by atoms with van der Waals surface area (Å²) in [6, 6.07) is 15.4. The lowest BCUT2D eigenvalue weighted by atomic mass is 10.1. The molecule has 5 nitrogen and oxygen atoms in total. The van der Waals surface area contributed by atoms with Crippen LogP contribution in [-0.2, 0) is 11.2 Å². The number of piperazine rings is 1. The first-order valence-electron chi connectivity index (χ1n) is 9.12. The highest BCUT2D eigenvalue weighted by atomic mass is 32.2. The van der Waals surface area contributed by atoms with Gasteiger partial charge in [-0.05, 0) is 36.2 Å². The molecule has 2 aliphatic heterocycles. The minimum absolute atomic E-state index is 0.0105. The molecule has 2 heterocycles. The van der Waals surface area contributed by atoms with Crippen molar-refractivity contribution in [2.24, 2.45) is 0 Å². The number of thioether (sulfide) groups is 1. The van der Waals surface area contributed by atoms with E-state index in [0.29, 0.717) is 37.5 Å². The molecule has 0 radical (unpaired) electrons. The molecular formula is C21H22N2O3S. The molecule has 2 amide bonds. The Bertz CT molecular complexity index is 837. The van der Waals surface area contributed by atoms with Gasteiger partial charge in [0, 0.05) is 36.6 Å². The maximum Gasteiger partial charge on any atom is 0.254 e. The number of carbonyl (C=O) groups excluding carboxylic acids is 2. The highest BCUT2D eigenvalue weighted by Crippen LogP contribution is 2.37. The zero-order valence-corrected chi connectivity index (χ0v) is 16.1. The Hall–Kier alpha value is -2.47. The predicted molar refractivity (Wildman–Crippen MR) is 105 cm³/mol. The molecule has 0 N–H and O–H groups in total. The minimum Gasteiger partial charge on any atom is -0.497 e. The number of amides is 2. The smallest absolute Gasteiger partial charge is 0.254 e. The molecule has 2 aromatic carbocycles. The summed E-state index contributed by atoms with van der Waals surface area (Å²) in [6.45, 7) is 2.29. The van der Waals surface area contributed by atoms with Crippen molar-refractivity contribution in [2.45, 2.75) is 16.6 Å². The molecule has 140 valence electrons. The number of rotatable bonds is 3. The van der Waals surface area contributed by atoms with Gasteiger partial charge in [0.25, 0.3) is 5.91 Å². The van der Waals surface area contributed by atoms with E-state index in [4.69, 9.17) is 4.74 Å². The minimum atomic E-state index is -0.0389. The number of hydrogen-bond donors (Lipinski definition) is 0. The zero-order chi connectivity index (χ0) is 18.8. The Morgan fingerprint density at radius 2 is 1.74 bits per heavy atom. The van der Waals surface area contributed by atoms with Crippen molar-refractivity contribution in [3.63, 3.8) is 0 Å². The van der Waals surface area contributed by atoms with Crippen LogP contribution in [0.4, 0.5) is 0 Å². The molecule has 1 unspecified atom stereocenters. The molecular weight excluding hydrogens is 360 g/mol. The second-order valence-corrected chi connectivity index (χ2v) is 8.01. The summed E-state index contributed by atoms with van der Waals surface area (Å²) < 4.78 is 5.20. The molecule has 0 bridgehead atoms. The summed E-state index contributed by atoms with van der Waals surface area (Å²) in [4.78, 5) is 30.5. The summed E-state index contributed by atoms with van der Waals surface area (Å²) in [7, 11) is 1.59. The Morgan fingerprint density at radius 1 is 1.00 bits per heavy atom. The number of fused-ring (bicyclic) bond motifs is 1. The molecule has 2 aliphatic rings. The average Bonchev–Trinajstić information content (AvgIpc) is 3.17. The standard InChI is InChI=1S/C21H22N2O3S/c1-26-17-7-4-6-16(13-17)20(24)22-9-11-23(12-10-22)21(25)19-14-15-5-2-3-8-18(15)27-19/h2-8,13,19H,9-12,14H2,1H3. The lowest BCUT2D eigenvalue weighted by Gasteiger charge is -2.35. The maximum absolute atomic E-state index is 12.9. The Morgan fingerprint density at radius 3 is 2.48 bits per heavy atom. The van der Waals surface area contributed by atoms with E-state index in [9.17, 15) is 9.59 Å². The summed E-state index contributed by atoms with van der Waals surface area (Å²) in [6.07, 6.45) is 0.794. The number of carbonyl (C=O) groups is 2. The first kappa shape index (κ1) is 17.9. The van der Waals surface area contributed by atoms with E-state index in [2.05, 4.69) is 12.1 Å². The van der Waals surface area contributed by atoms with Crippen molar-refractivity contribution in [2.75, 3.05) is 33.3 Å². The van der Waals surface area contributed by atoms with E-state index >= 15 is 0 Å². The highest BCUT2D eigenvalue weighted by Gasteiger charge is 2.33. The second-order valence-electron chi connectivity index (χ2n) is 6.77. The quantitative estimate of drug-likeness (QED) is 0.819. The Kier molecular flexibility index (Phi) is 5.07. The number of nitrogens with zero attached hydrogens (tertiary/aromatic N) is 2. The summed E-state index contributed by atoms with van der Waals surface area (Å²) in [5, 5.41) is -0.0389. The van der Waals surface area contributed by atoms with Gasteiger partial charge in [0.15, 0.2) is 0 Å². The monoisotopic (exact) mass is 382 g/mol. The van der Waals surface area contributed by atoms with Gasteiger partial charge in [0.05, 0.1) is 12.4 Å². The van der Waals surface area contributed by atoms with Gasteiger partial charge in [-0.2, -0.15) is 0 Å². The largest absolute Gasteiger partial charge is 0.497 e. The van der Waals surface area contributed by atoms with Crippen LogP contribution in [0.15, 0.2) is 53.4 Å². The van der Waals surface area contributed by atoms with Gasteiger partial charge in [-0.1, -0.05) is 24.3 Å². The molecule has 6 heteroatoms. The van der Waals surface area contributed by atoms with Crippen LogP contribution in [0.5, 0.6) is 5.75 Å². The maximum atomic E-state index is 12.9. The van der Waals surface area contributed by atoms with Crippen LogP contribution in [0.25, 0.3) is 0 Å². The first-order valence-corrected chi connectivity index (χ1v) is 10.0. The highest BCUT2D eigenvalue weighted by molar-refractivity contribution is 8.01. The van der Waals surface area contributed by atoms with Crippen molar-refractivity contribution in [3.05, 3.63) is 59.7 Å². The molecule has 1 fully saturated rings. The van der Waals surface area contributed by atoms with Crippen LogP contribution < -0.4 is 4.74 Å². The lowest BCUT2D eigenvalue weighted by Crippen LogP contribution is -2.52. The van der Waals surface area contributed by atoms with E-state index in [1.807, 2.05) is 34.1 Å². The third-order valence-corrected chi connectivity index (χ3v) is 6.42. The van der Waals surface area contributed by atoms with E-state index in [1.54, 1.807) is 31.0 Å². The topological polar surface area (TPSA) is 49.9 Å². The molecule has 1 atom stereocenters. The normalized spacial score (nSPS) is 18.9. The van der Waals surface area contributed by atoms with Crippen LogP contribution in [0.1, 0.15) is 15.9 Å². The molecule has 0 spiro atoms. The lowest BCUT2D eigenvalue weighted by molar-refractivity contribution is -0.132. The first-order chi connectivity index (χ1) is 13.2. The average molecular weight is 382 g/mol. The number of methoxy groups -OCH3 is 1. The Balaban J connectivity index is 1.35. The predicted octanol–water partition coefficient (Wildman–Crippen LogP) is 2.70. The van der Waals surface area contributed by atoms with Gasteiger partial charge in [0.1, 0.15) is 5.75 Å². The molecule has 27 heavy (non-hydrogen) atoms. The van der Waals surface area contributed by atoms with E-state index in [0.717, 1.165) is 6.42 Å². The van der Waals surface area contributed by atoms with Crippen LogP contribution in [0, 0.1) is 0 Å². The molecule has 1 saturated heterocycles. The fraction of sp³-hybridized carbons (Fsp3) is 0.333. The van der Waals surface area contributed by atoms with Crippen LogP contribution in [0.3, 0.4) is 0 Å². The van der Waals surface area contributed by atoms with Crippen molar-refractivity contribution >= 4 is 23.6 Å². The molecule has 0 aliphatic carbocycles. The van der Waals surface area contributed by atoms with Gasteiger partial charge in [-0.15, -0.1) is 11.8 Å². The number of hydrogen-bond acceptors (Lipinski definition) is 4. The van der Waals surface area contributed by atoms with Gasteiger partial charge in [-0.25, -0.2) is 0 Å². The van der Waals surface area contributed by atoms with Crippen LogP contribution in [-0.4, -0.2) is 60.2 Å². The molecule has 2 aromatic rings. The van der Waals surface area contributed by atoms with Gasteiger partial charge in [-0.3, -0.25) is 9.59 Å². The molecule has 0 saturated carbocycles. The van der Waals surface area contributed by atoms with Gasteiger partial charge in [0.2, 0.25) is 5.91 Å². The van der Waals surface area contributed by atoms with E-state index in [-0.39, 0.29) is 17.1 Å². The van der Waals surface area contributed by atoms with E-state index < -0.39 is 0 Å². The van der Waals surface area contributed by atoms with E-state index in [1.165, 1.54) is 10.5 Å². The fourth-order valence-corrected chi connectivity index (χ4v) is 4.87.